The van der Waals surface area contributed by atoms with Crippen LogP contribution in [0.2, 0.25) is 0 Å². The van der Waals surface area contributed by atoms with Crippen LogP contribution in [0.1, 0.15) is 35.2 Å². The van der Waals surface area contributed by atoms with Gasteiger partial charge in [0.2, 0.25) is 23.8 Å². The third-order valence-corrected chi connectivity index (χ3v) is 7.49. The van der Waals surface area contributed by atoms with E-state index in [1.165, 1.54) is 0 Å². The first-order chi connectivity index (χ1) is 21.3. The van der Waals surface area contributed by atoms with Crippen LogP contribution in [0.25, 0.3) is 0 Å². The average molecular weight is 628 g/mol. The van der Waals surface area contributed by atoms with Gasteiger partial charge in [-0.05, 0) is 61.4 Å². The van der Waals surface area contributed by atoms with Gasteiger partial charge in [-0.15, -0.1) is 0 Å². The largest absolute Gasteiger partial charge is 0.416 e. The van der Waals surface area contributed by atoms with Crippen LogP contribution in [-0.2, 0) is 11.0 Å². The molecule has 13 nitrogen and oxygen atoms in total. The molecule has 0 unspecified atom stereocenters. The number of hydrogen-bond acceptors (Lipinski definition) is 12. The number of carbonyl (C=O) groups excluding carboxylic acids is 2. The summed E-state index contributed by atoms with van der Waals surface area (Å²) in [6.45, 7) is 2.11. The van der Waals surface area contributed by atoms with Crippen LogP contribution in [0.4, 0.5) is 42.4 Å². The molecular weight excluding hydrogens is 591 g/mol. The molecule has 1 amide bonds. The molecule has 2 saturated heterocycles. The third-order valence-electron chi connectivity index (χ3n) is 7.49. The lowest BCUT2D eigenvalue weighted by molar-refractivity contribution is -0.137. The minimum absolute atomic E-state index is 0.135. The Morgan fingerprint density at radius 1 is 0.733 bits per heavy atom. The maximum atomic E-state index is 12.8. The Balaban J connectivity index is 1.27. The van der Waals surface area contributed by atoms with Gasteiger partial charge in [-0.2, -0.15) is 28.1 Å². The van der Waals surface area contributed by atoms with Crippen LogP contribution in [0, 0.1) is 0 Å². The molecule has 0 saturated carbocycles. The second-order valence-electron chi connectivity index (χ2n) is 11.5. The SMILES string of the molecule is N[C@@H]1C[C@H](N)CN(c2nc(Nc3ccc(C(=O)CC(=O)Nc4ccc(C(F)(F)F)cc4)cc3)nc(N3C[C@H](N)C[C@H](N)C3)n2)C1. The van der Waals surface area contributed by atoms with Gasteiger partial charge < -0.3 is 43.4 Å². The lowest BCUT2D eigenvalue weighted by atomic mass is 10.0. The Kier molecular flexibility index (Phi) is 9.48. The number of rotatable bonds is 8. The van der Waals surface area contributed by atoms with Crippen LogP contribution in [0.3, 0.4) is 0 Å². The third kappa shape index (κ3) is 8.42. The Morgan fingerprint density at radius 3 is 1.67 bits per heavy atom. The fourth-order valence-corrected chi connectivity index (χ4v) is 5.44. The number of alkyl halides is 3. The molecule has 0 bridgehead atoms. The number of halogens is 3. The van der Waals surface area contributed by atoms with Crippen molar-refractivity contribution in [2.45, 2.75) is 49.6 Å². The summed E-state index contributed by atoms with van der Waals surface area (Å²) < 4.78 is 38.3. The number of nitrogens with two attached hydrogens (primary N) is 4. The van der Waals surface area contributed by atoms with Gasteiger partial charge in [-0.1, -0.05) is 0 Å². The summed E-state index contributed by atoms with van der Waals surface area (Å²) in [7, 11) is 0. The number of benzene rings is 2. The Morgan fingerprint density at radius 2 is 1.20 bits per heavy atom. The van der Waals surface area contributed by atoms with Crippen molar-refractivity contribution in [2.75, 3.05) is 46.6 Å². The topological polar surface area (TPSA) is 207 Å². The number of amides is 1. The van der Waals surface area contributed by atoms with E-state index in [1.807, 2.05) is 9.80 Å². The molecule has 3 aromatic rings. The van der Waals surface area contributed by atoms with Crippen molar-refractivity contribution < 1.29 is 22.8 Å². The minimum Gasteiger partial charge on any atom is -0.338 e. The molecule has 0 aliphatic carbocycles. The van der Waals surface area contributed by atoms with E-state index in [0.29, 0.717) is 56.6 Å². The Bertz CT molecular complexity index is 1440. The van der Waals surface area contributed by atoms with Crippen molar-refractivity contribution in [3.63, 3.8) is 0 Å². The zero-order valence-corrected chi connectivity index (χ0v) is 24.4. The maximum absolute atomic E-state index is 12.8. The number of ketones is 1. The molecule has 240 valence electrons. The predicted molar refractivity (Wildman–Crippen MR) is 164 cm³/mol. The van der Waals surface area contributed by atoms with Gasteiger partial charge in [0.15, 0.2) is 5.78 Å². The standard InChI is InChI=1S/C29H36F3N11O2/c30-29(31,32)17-3-7-22(8-4-17)37-25(45)11-24(44)16-1-5-23(6-2-16)38-26-39-27(42-12-18(33)9-19(34)13-42)41-28(40-26)43-14-20(35)10-21(36)15-43/h1-8,18-21H,9-15,33-36H2,(H,37,45)(H,38,39,40,41)/t18-,19+,20-,21+. The van der Waals surface area contributed by atoms with Gasteiger partial charge in [-0.25, -0.2) is 0 Å². The van der Waals surface area contributed by atoms with Crippen LogP contribution < -0.4 is 43.4 Å². The van der Waals surface area contributed by atoms with Crippen molar-refractivity contribution in [3.8, 4) is 0 Å². The molecule has 3 heterocycles. The summed E-state index contributed by atoms with van der Waals surface area (Å²) in [6.07, 6.45) is -3.60. The molecule has 1 aromatic heterocycles. The zero-order chi connectivity index (χ0) is 32.3. The second kappa shape index (κ2) is 13.3. The van der Waals surface area contributed by atoms with Gasteiger partial charge in [0.05, 0.1) is 12.0 Å². The van der Waals surface area contributed by atoms with Crippen LogP contribution in [0.15, 0.2) is 48.5 Å². The highest BCUT2D eigenvalue weighted by Crippen LogP contribution is 2.30. The van der Waals surface area contributed by atoms with Crippen molar-refractivity contribution in [3.05, 3.63) is 59.7 Å². The molecular formula is C29H36F3N11O2. The van der Waals surface area contributed by atoms with E-state index in [4.69, 9.17) is 27.9 Å². The molecule has 0 radical (unpaired) electrons. The van der Waals surface area contributed by atoms with Gasteiger partial charge in [0.1, 0.15) is 0 Å². The normalized spacial score (nSPS) is 22.2. The van der Waals surface area contributed by atoms with Gasteiger partial charge in [0, 0.05) is 67.3 Å². The average Bonchev–Trinajstić information content (AvgIpc) is 2.96. The molecule has 10 N–H and O–H groups in total. The van der Waals surface area contributed by atoms with E-state index in [1.54, 1.807) is 24.3 Å². The first-order valence-electron chi connectivity index (χ1n) is 14.5. The molecule has 2 aliphatic heterocycles. The van der Waals surface area contributed by atoms with E-state index in [9.17, 15) is 22.8 Å². The highest BCUT2D eigenvalue weighted by molar-refractivity contribution is 6.11. The minimum atomic E-state index is -4.49. The predicted octanol–water partition coefficient (Wildman–Crippen LogP) is 1.57. The maximum Gasteiger partial charge on any atom is 0.416 e. The van der Waals surface area contributed by atoms with Crippen LogP contribution in [-0.4, -0.2) is 77.0 Å². The highest BCUT2D eigenvalue weighted by Gasteiger charge is 2.30. The van der Waals surface area contributed by atoms with Crippen molar-refractivity contribution in [2.24, 2.45) is 22.9 Å². The van der Waals surface area contributed by atoms with Gasteiger partial charge >= 0.3 is 6.18 Å². The number of nitrogens with zero attached hydrogens (tertiary/aromatic N) is 5. The number of carbonyl (C=O) groups is 2. The summed E-state index contributed by atoms with van der Waals surface area (Å²) in [5.74, 6) is -0.0449. The fourth-order valence-electron chi connectivity index (χ4n) is 5.44. The smallest absolute Gasteiger partial charge is 0.338 e. The number of Topliss-reactive ketones (excluding diaryl/α,β-unsaturated/α-hetero) is 1. The summed E-state index contributed by atoms with van der Waals surface area (Å²) in [5.41, 5.74) is 25.0. The summed E-state index contributed by atoms with van der Waals surface area (Å²) in [6, 6.07) is 9.81. The molecule has 16 heteroatoms. The molecule has 5 rings (SSSR count). The fraction of sp³-hybridized carbons (Fsp3) is 0.414. The lowest BCUT2D eigenvalue weighted by Crippen LogP contribution is -2.54. The quantitative estimate of drug-likeness (QED) is 0.155. The molecule has 2 aliphatic rings. The number of nitrogens with one attached hydrogen (secondary N) is 2. The lowest BCUT2D eigenvalue weighted by Gasteiger charge is -2.37. The highest BCUT2D eigenvalue weighted by atomic mass is 19.4. The van der Waals surface area contributed by atoms with E-state index in [0.717, 1.165) is 24.3 Å². The van der Waals surface area contributed by atoms with E-state index in [-0.39, 0.29) is 41.4 Å². The number of anilines is 5. The number of hydrogen-bond donors (Lipinski definition) is 6. The Hall–Kier alpha value is -4.38. The van der Waals surface area contributed by atoms with E-state index in [2.05, 4.69) is 20.6 Å². The van der Waals surface area contributed by atoms with E-state index >= 15 is 0 Å². The molecule has 4 atom stereocenters. The van der Waals surface area contributed by atoms with Crippen LogP contribution in [0.5, 0.6) is 0 Å². The monoisotopic (exact) mass is 627 g/mol. The van der Waals surface area contributed by atoms with Crippen molar-refractivity contribution >= 4 is 40.9 Å². The summed E-state index contributed by atoms with van der Waals surface area (Å²) in [5, 5.41) is 5.59. The Labute approximate surface area is 257 Å². The summed E-state index contributed by atoms with van der Waals surface area (Å²) in [4.78, 5) is 42.9. The zero-order valence-electron chi connectivity index (χ0n) is 24.4. The number of piperidine rings is 2. The molecule has 2 fully saturated rings. The van der Waals surface area contributed by atoms with Crippen molar-refractivity contribution in [1.29, 1.82) is 0 Å². The first-order valence-corrected chi connectivity index (χ1v) is 14.5. The van der Waals surface area contributed by atoms with Gasteiger partial charge in [-0.3, -0.25) is 9.59 Å². The molecule has 0 spiro atoms. The van der Waals surface area contributed by atoms with Crippen LogP contribution >= 0.6 is 0 Å². The first kappa shape index (κ1) is 32.0. The van der Waals surface area contributed by atoms with Crippen molar-refractivity contribution in [1.82, 2.24) is 15.0 Å². The number of aromatic nitrogens is 3. The second-order valence-corrected chi connectivity index (χ2v) is 11.5. The molecule has 2 aromatic carbocycles. The molecule has 45 heavy (non-hydrogen) atoms. The summed E-state index contributed by atoms with van der Waals surface area (Å²) >= 11 is 0. The van der Waals surface area contributed by atoms with E-state index < -0.39 is 29.9 Å². The van der Waals surface area contributed by atoms with Gasteiger partial charge in [0.25, 0.3) is 0 Å².